The summed E-state index contributed by atoms with van der Waals surface area (Å²) in [5.74, 6) is 0.803. The van der Waals surface area contributed by atoms with Crippen LogP contribution in [-0.4, -0.2) is 31.0 Å². The van der Waals surface area contributed by atoms with Crippen molar-refractivity contribution in [2.75, 3.05) is 20.2 Å². The first-order valence-electron chi connectivity index (χ1n) is 6.78. The zero-order valence-electron chi connectivity index (χ0n) is 12.2. The van der Waals surface area contributed by atoms with Crippen LogP contribution in [0.15, 0.2) is 53.0 Å². The van der Waals surface area contributed by atoms with Gasteiger partial charge in [0.05, 0.1) is 12.1 Å². The molecular weight excluding hydrogens is 330 g/mol. The van der Waals surface area contributed by atoms with Gasteiger partial charge in [-0.15, -0.1) is 0 Å². The first kappa shape index (κ1) is 15.6. The fourth-order valence-corrected chi connectivity index (χ4v) is 2.37. The molecule has 0 saturated carbocycles. The number of rotatable bonds is 5. The van der Waals surface area contributed by atoms with E-state index in [1.54, 1.807) is 11.9 Å². The minimum atomic E-state index is -0.0118. The molecule has 21 heavy (non-hydrogen) atoms. The largest absolute Gasteiger partial charge is 0.492 e. The van der Waals surface area contributed by atoms with Crippen molar-refractivity contribution in [2.24, 2.45) is 0 Å². The van der Waals surface area contributed by atoms with Crippen LogP contribution in [0.2, 0.25) is 0 Å². The second kappa shape index (κ2) is 7.27. The van der Waals surface area contributed by atoms with Crippen LogP contribution in [0.25, 0.3) is 0 Å². The van der Waals surface area contributed by atoms with Crippen LogP contribution in [0, 0.1) is 6.92 Å². The monoisotopic (exact) mass is 347 g/mol. The molecule has 110 valence electrons. The van der Waals surface area contributed by atoms with Gasteiger partial charge in [0.1, 0.15) is 12.4 Å². The predicted octanol–water partition coefficient (Wildman–Crippen LogP) is 3.91. The standard InChI is InChI=1S/C17H18BrNO2/c1-13-7-6-10-15(16(13)18)17(20)19(2)11-12-21-14-8-4-3-5-9-14/h3-10H,11-12H2,1-2H3. The van der Waals surface area contributed by atoms with Crippen molar-refractivity contribution in [2.45, 2.75) is 6.92 Å². The summed E-state index contributed by atoms with van der Waals surface area (Å²) in [6.07, 6.45) is 0. The number of benzene rings is 2. The first-order chi connectivity index (χ1) is 10.1. The van der Waals surface area contributed by atoms with Crippen molar-refractivity contribution in [1.29, 1.82) is 0 Å². The lowest BCUT2D eigenvalue weighted by atomic mass is 10.1. The molecule has 2 rings (SSSR count). The molecule has 3 nitrogen and oxygen atoms in total. The molecule has 0 aliphatic carbocycles. The van der Waals surface area contributed by atoms with Crippen molar-refractivity contribution in [3.8, 4) is 5.75 Å². The van der Waals surface area contributed by atoms with Gasteiger partial charge in [-0.2, -0.15) is 0 Å². The van der Waals surface area contributed by atoms with Gasteiger partial charge in [0.15, 0.2) is 0 Å². The number of aryl methyl sites for hydroxylation is 1. The van der Waals surface area contributed by atoms with Crippen LogP contribution in [0.5, 0.6) is 5.75 Å². The van der Waals surface area contributed by atoms with Gasteiger partial charge in [-0.25, -0.2) is 0 Å². The molecule has 0 radical (unpaired) electrons. The number of likely N-dealkylation sites (N-methyl/N-ethyl adjacent to an activating group) is 1. The van der Waals surface area contributed by atoms with Gasteiger partial charge in [0.25, 0.3) is 5.91 Å². The average Bonchev–Trinajstić information content (AvgIpc) is 2.50. The molecule has 0 saturated heterocycles. The fourth-order valence-electron chi connectivity index (χ4n) is 1.94. The third-order valence-corrected chi connectivity index (χ3v) is 4.26. The summed E-state index contributed by atoms with van der Waals surface area (Å²) in [7, 11) is 1.78. The molecule has 2 aromatic rings. The second-order valence-electron chi connectivity index (χ2n) is 4.82. The highest BCUT2D eigenvalue weighted by atomic mass is 79.9. The number of para-hydroxylation sites is 1. The van der Waals surface area contributed by atoms with E-state index in [0.29, 0.717) is 18.7 Å². The molecule has 0 spiro atoms. The summed E-state index contributed by atoms with van der Waals surface area (Å²) in [5.41, 5.74) is 1.73. The van der Waals surface area contributed by atoms with E-state index in [-0.39, 0.29) is 5.91 Å². The summed E-state index contributed by atoms with van der Waals surface area (Å²) in [5, 5.41) is 0. The van der Waals surface area contributed by atoms with Crippen LogP contribution in [0.4, 0.5) is 0 Å². The average molecular weight is 348 g/mol. The molecule has 0 heterocycles. The molecule has 4 heteroatoms. The van der Waals surface area contributed by atoms with E-state index in [1.807, 2.05) is 55.5 Å². The van der Waals surface area contributed by atoms with Crippen molar-refractivity contribution in [3.05, 3.63) is 64.1 Å². The second-order valence-corrected chi connectivity index (χ2v) is 5.62. The van der Waals surface area contributed by atoms with Gasteiger partial charge in [-0.05, 0) is 46.6 Å². The number of carbonyl (C=O) groups excluding carboxylic acids is 1. The molecule has 0 N–H and O–H groups in total. The highest BCUT2D eigenvalue weighted by Gasteiger charge is 2.15. The smallest absolute Gasteiger partial charge is 0.254 e. The van der Waals surface area contributed by atoms with Gasteiger partial charge in [0, 0.05) is 11.5 Å². The summed E-state index contributed by atoms with van der Waals surface area (Å²) in [6.45, 7) is 2.98. The van der Waals surface area contributed by atoms with Crippen molar-refractivity contribution in [3.63, 3.8) is 0 Å². The Kier molecular flexibility index (Phi) is 5.39. The third-order valence-electron chi connectivity index (χ3n) is 3.21. The van der Waals surface area contributed by atoms with Crippen LogP contribution in [0.3, 0.4) is 0 Å². The zero-order chi connectivity index (χ0) is 15.2. The summed E-state index contributed by atoms with van der Waals surface area (Å²) in [6, 6.07) is 15.3. The lowest BCUT2D eigenvalue weighted by Crippen LogP contribution is -2.31. The zero-order valence-corrected chi connectivity index (χ0v) is 13.8. The summed E-state index contributed by atoms with van der Waals surface area (Å²) >= 11 is 3.48. The Hall–Kier alpha value is -1.81. The molecule has 1 amide bonds. The molecule has 0 unspecified atom stereocenters. The third kappa shape index (κ3) is 4.08. The van der Waals surface area contributed by atoms with Crippen LogP contribution in [0.1, 0.15) is 15.9 Å². The molecule has 0 atom stereocenters. The van der Waals surface area contributed by atoms with Crippen molar-refractivity contribution >= 4 is 21.8 Å². The fraction of sp³-hybridized carbons (Fsp3) is 0.235. The molecule has 0 aliphatic heterocycles. The van der Waals surface area contributed by atoms with E-state index in [4.69, 9.17) is 4.74 Å². The molecule has 0 aliphatic rings. The van der Waals surface area contributed by atoms with Crippen LogP contribution in [-0.2, 0) is 0 Å². The van der Waals surface area contributed by atoms with E-state index in [9.17, 15) is 4.79 Å². The number of carbonyl (C=O) groups is 1. The lowest BCUT2D eigenvalue weighted by molar-refractivity contribution is 0.0773. The van der Waals surface area contributed by atoms with Gasteiger partial charge >= 0.3 is 0 Å². The highest BCUT2D eigenvalue weighted by molar-refractivity contribution is 9.10. The van der Waals surface area contributed by atoms with E-state index < -0.39 is 0 Å². The maximum atomic E-state index is 12.4. The van der Waals surface area contributed by atoms with Crippen molar-refractivity contribution < 1.29 is 9.53 Å². The number of ether oxygens (including phenoxy) is 1. The predicted molar refractivity (Wildman–Crippen MR) is 87.8 cm³/mol. The van der Waals surface area contributed by atoms with E-state index >= 15 is 0 Å². The Morgan fingerprint density at radius 2 is 1.86 bits per heavy atom. The van der Waals surface area contributed by atoms with Gasteiger partial charge in [-0.3, -0.25) is 4.79 Å². The number of hydrogen-bond donors (Lipinski definition) is 0. The topological polar surface area (TPSA) is 29.5 Å². The minimum Gasteiger partial charge on any atom is -0.492 e. The normalized spacial score (nSPS) is 10.2. The molecule has 0 fully saturated rings. The maximum Gasteiger partial charge on any atom is 0.254 e. The quantitative estimate of drug-likeness (QED) is 0.820. The minimum absolute atomic E-state index is 0.0118. The molecule has 0 aromatic heterocycles. The van der Waals surface area contributed by atoms with Crippen LogP contribution >= 0.6 is 15.9 Å². The highest BCUT2D eigenvalue weighted by Crippen LogP contribution is 2.22. The number of nitrogens with zero attached hydrogens (tertiary/aromatic N) is 1. The van der Waals surface area contributed by atoms with E-state index in [1.165, 1.54) is 0 Å². The van der Waals surface area contributed by atoms with Crippen LogP contribution < -0.4 is 4.74 Å². The Morgan fingerprint density at radius 1 is 1.14 bits per heavy atom. The molecule has 2 aromatic carbocycles. The van der Waals surface area contributed by atoms with Crippen molar-refractivity contribution in [1.82, 2.24) is 4.90 Å². The Balaban J connectivity index is 1.92. The SMILES string of the molecule is Cc1cccc(C(=O)N(C)CCOc2ccccc2)c1Br. The van der Waals surface area contributed by atoms with E-state index in [0.717, 1.165) is 15.8 Å². The Bertz CT molecular complexity index is 613. The number of halogens is 1. The summed E-state index contributed by atoms with van der Waals surface area (Å²) < 4.78 is 6.46. The lowest BCUT2D eigenvalue weighted by Gasteiger charge is -2.18. The van der Waals surface area contributed by atoms with Gasteiger partial charge in [-0.1, -0.05) is 30.3 Å². The summed E-state index contributed by atoms with van der Waals surface area (Å²) in [4.78, 5) is 14.1. The molecule has 0 bridgehead atoms. The Labute approximate surface area is 133 Å². The first-order valence-corrected chi connectivity index (χ1v) is 7.57. The van der Waals surface area contributed by atoms with Gasteiger partial charge in [0.2, 0.25) is 0 Å². The number of amides is 1. The van der Waals surface area contributed by atoms with Gasteiger partial charge < -0.3 is 9.64 Å². The Morgan fingerprint density at radius 3 is 2.57 bits per heavy atom. The maximum absolute atomic E-state index is 12.4. The molecular formula is C17H18BrNO2. The number of hydrogen-bond acceptors (Lipinski definition) is 2. The van der Waals surface area contributed by atoms with E-state index in [2.05, 4.69) is 15.9 Å².